The maximum atomic E-state index is 13.2. The van der Waals surface area contributed by atoms with Crippen molar-refractivity contribution in [3.63, 3.8) is 0 Å². The molecule has 2 amide bonds. The molecule has 140 valence electrons. The number of thiophene rings is 1. The molecule has 1 saturated heterocycles. The largest absolute Gasteiger partial charge is 0.335 e. The van der Waals surface area contributed by atoms with Gasteiger partial charge < -0.3 is 14.4 Å². The van der Waals surface area contributed by atoms with Crippen LogP contribution >= 0.6 is 22.9 Å². The normalized spacial score (nSPS) is 19.5. The summed E-state index contributed by atoms with van der Waals surface area (Å²) in [6, 6.07) is 3.98. The highest BCUT2D eigenvalue weighted by atomic mass is 35.5. The average Bonchev–Trinajstić information content (AvgIpc) is 3.20. The summed E-state index contributed by atoms with van der Waals surface area (Å²) in [7, 11) is 0. The first-order valence-electron chi connectivity index (χ1n) is 8.85. The lowest BCUT2D eigenvalue weighted by Gasteiger charge is -2.40. The van der Waals surface area contributed by atoms with Gasteiger partial charge in [0.25, 0.3) is 5.91 Å². The molecule has 1 aliphatic rings. The van der Waals surface area contributed by atoms with Gasteiger partial charge in [-0.3, -0.25) is 9.59 Å². The van der Waals surface area contributed by atoms with Crippen LogP contribution in [0.1, 0.15) is 31.3 Å². The van der Waals surface area contributed by atoms with Gasteiger partial charge >= 0.3 is 0 Å². The number of halogens is 1. The van der Waals surface area contributed by atoms with Crippen molar-refractivity contribution in [1.82, 2.24) is 14.4 Å². The Kier molecular flexibility index (Phi) is 5.73. The summed E-state index contributed by atoms with van der Waals surface area (Å²) in [5, 5.41) is 2.61. The Morgan fingerprint density at radius 1 is 1.42 bits per heavy atom. The van der Waals surface area contributed by atoms with E-state index in [-0.39, 0.29) is 17.9 Å². The second-order valence-electron chi connectivity index (χ2n) is 6.64. The Morgan fingerprint density at radius 2 is 2.19 bits per heavy atom. The van der Waals surface area contributed by atoms with Gasteiger partial charge in [0.1, 0.15) is 15.9 Å². The second kappa shape index (κ2) is 7.84. The van der Waals surface area contributed by atoms with Crippen LogP contribution in [0, 0.1) is 0 Å². The number of hydrogen-bond donors (Lipinski definition) is 0. The fourth-order valence-corrected chi connectivity index (χ4v) is 4.44. The standard InChI is InChI=1S/C19H24ClN3O2S/c1-4-5-7-23-16(11-15-6-10-26-19(15)23)18(25)21-8-9-22(13(2)12-21)17(24)14(3)20/h4-6,10-11,13-14H,7-9,12H2,1-3H3/b5-4-/t13-,14+/m0/s1. The Morgan fingerprint density at radius 3 is 2.85 bits per heavy atom. The number of alkyl halides is 1. The summed E-state index contributed by atoms with van der Waals surface area (Å²) in [5.74, 6) is -0.0426. The van der Waals surface area contributed by atoms with Crippen LogP contribution in [0.5, 0.6) is 0 Å². The van der Waals surface area contributed by atoms with E-state index in [0.29, 0.717) is 31.9 Å². The first-order chi connectivity index (χ1) is 12.4. The summed E-state index contributed by atoms with van der Waals surface area (Å²) < 4.78 is 2.07. The van der Waals surface area contributed by atoms with Gasteiger partial charge in [-0.05, 0) is 38.3 Å². The first kappa shape index (κ1) is 19.0. The molecule has 5 nitrogen and oxygen atoms in total. The maximum absolute atomic E-state index is 13.2. The van der Waals surface area contributed by atoms with Crippen LogP contribution in [-0.4, -0.2) is 57.2 Å². The molecular formula is C19H24ClN3O2S. The minimum atomic E-state index is -0.537. The fourth-order valence-electron chi connectivity index (χ4n) is 3.40. The van der Waals surface area contributed by atoms with E-state index >= 15 is 0 Å². The summed E-state index contributed by atoms with van der Waals surface area (Å²) in [6.45, 7) is 7.89. The summed E-state index contributed by atoms with van der Waals surface area (Å²) in [4.78, 5) is 30.1. The van der Waals surface area contributed by atoms with E-state index in [2.05, 4.69) is 10.6 Å². The van der Waals surface area contributed by atoms with Gasteiger partial charge in [-0.2, -0.15) is 0 Å². The van der Waals surface area contributed by atoms with Crippen molar-refractivity contribution < 1.29 is 9.59 Å². The predicted octanol–water partition coefficient (Wildman–Crippen LogP) is 3.58. The topological polar surface area (TPSA) is 45.6 Å². The van der Waals surface area contributed by atoms with Crippen LogP contribution in [-0.2, 0) is 11.3 Å². The van der Waals surface area contributed by atoms with E-state index in [1.165, 1.54) is 0 Å². The number of nitrogens with zero attached hydrogens (tertiary/aromatic N) is 3. The highest BCUT2D eigenvalue weighted by Crippen LogP contribution is 2.27. The van der Waals surface area contributed by atoms with Crippen LogP contribution in [0.15, 0.2) is 29.7 Å². The van der Waals surface area contributed by atoms with Gasteiger partial charge in [0.15, 0.2) is 0 Å². The van der Waals surface area contributed by atoms with Crippen molar-refractivity contribution in [3.05, 3.63) is 35.4 Å². The molecule has 2 aromatic heterocycles. The number of amides is 2. The summed E-state index contributed by atoms with van der Waals surface area (Å²) in [6.07, 6.45) is 4.05. The monoisotopic (exact) mass is 393 g/mol. The van der Waals surface area contributed by atoms with Gasteiger partial charge in [-0.25, -0.2) is 0 Å². The summed E-state index contributed by atoms with van der Waals surface area (Å²) in [5.41, 5.74) is 0.711. The molecule has 0 aromatic carbocycles. The van der Waals surface area contributed by atoms with Crippen molar-refractivity contribution in [3.8, 4) is 0 Å². The molecule has 3 rings (SSSR count). The smallest absolute Gasteiger partial charge is 0.270 e. The molecule has 0 saturated carbocycles. The lowest BCUT2D eigenvalue weighted by Crippen LogP contribution is -2.56. The number of fused-ring (bicyclic) bond motifs is 1. The van der Waals surface area contributed by atoms with Crippen molar-refractivity contribution >= 4 is 45.0 Å². The predicted molar refractivity (Wildman–Crippen MR) is 107 cm³/mol. The van der Waals surface area contributed by atoms with Crippen molar-refractivity contribution in [2.45, 2.75) is 38.7 Å². The SMILES string of the molecule is C/C=C\Cn1c(C(=O)N2CCN(C(=O)[C@@H](C)Cl)[C@@H](C)C2)cc2ccsc21. The molecule has 2 aromatic rings. The van der Waals surface area contributed by atoms with E-state index < -0.39 is 5.38 Å². The van der Waals surface area contributed by atoms with E-state index in [4.69, 9.17) is 11.6 Å². The Bertz CT molecular complexity index is 839. The van der Waals surface area contributed by atoms with E-state index in [1.54, 1.807) is 23.2 Å². The van der Waals surface area contributed by atoms with Gasteiger partial charge in [0.05, 0.1) is 0 Å². The molecule has 0 aliphatic carbocycles. The van der Waals surface area contributed by atoms with Gasteiger partial charge in [0, 0.05) is 37.6 Å². The van der Waals surface area contributed by atoms with E-state index in [0.717, 1.165) is 10.2 Å². The molecule has 0 unspecified atom stereocenters. The molecule has 1 aliphatic heterocycles. The third kappa shape index (κ3) is 3.53. The molecule has 2 atom stereocenters. The van der Waals surface area contributed by atoms with Crippen LogP contribution in [0.2, 0.25) is 0 Å². The van der Waals surface area contributed by atoms with Crippen molar-refractivity contribution in [2.75, 3.05) is 19.6 Å². The fraction of sp³-hybridized carbons (Fsp3) is 0.474. The lowest BCUT2D eigenvalue weighted by atomic mass is 10.1. The molecule has 0 radical (unpaired) electrons. The molecule has 0 bridgehead atoms. The second-order valence-corrected chi connectivity index (χ2v) is 8.19. The Hall–Kier alpha value is -1.79. The number of carbonyl (C=O) groups is 2. The lowest BCUT2D eigenvalue weighted by molar-refractivity contribution is -0.134. The van der Waals surface area contributed by atoms with Crippen LogP contribution in [0.4, 0.5) is 0 Å². The Balaban J connectivity index is 1.81. The highest BCUT2D eigenvalue weighted by Gasteiger charge is 2.32. The van der Waals surface area contributed by atoms with E-state index in [9.17, 15) is 9.59 Å². The number of rotatable bonds is 4. The number of carbonyl (C=O) groups excluding carboxylic acids is 2. The molecule has 7 heteroatoms. The molecule has 1 fully saturated rings. The number of piperazine rings is 1. The maximum Gasteiger partial charge on any atom is 0.270 e. The third-order valence-electron chi connectivity index (χ3n) is 4.78. The number of hydrogen-bond acceptors (Lipinski definition) is 3. The minimum absolute atomic E-state index is 0.0239. The van der Waals surface area contributed by atoms with Gasteiger partial charge in [-0.15, -0.1) is 22.9 Å². The number of aromatic nitrogens is 1. The third-order valence-corrected chi connectivity index (χ3v) is 5.92. The molecule has 0 N–H and O–H groups in total. The highest BCUT2D eigenvalue weighted by molar-refractivity contribution is 7.16. The van der Waals surface area contributed by atoms with Crippen LogP contribution in [0.25, 0.3) is 10.2 Å². The van der Waals surface area contributed by atoms with Crippen molar-refractivity contribution in [2.24, 2.45) is 0 Å². The van der Waals surface area contributed by atoms with Crippen molar-refractivity contribution in [1.29, 1.82) is 0 Å². The molecular weight excluding hydrogens is 370 g/mol. The molecule has 26 heavy (non-hydrogen) atoms. The minimum Gasteiger partial charge on any atom is -0.335 e. The first-order valence-corrected chi connectivity index (χ1v) is 10.2. The van der Waals surface area contributed by atoms with E-state index in [1.807, 2.05) is 42.3 Å². The zero-order valence-corrected chi connectivity index (χ0v) is 16.9. The molecule has 3 heterocycles. The Labute approximate surface area is 162 Å². The summed E-state index contributed by atoms with van der Waals surface area (Å²) >= 11 is 7.59. The zero-order chi connectivity index (χ0) is 18.8. The van der Waals surface area contributed by atoms with Gasteiger partial charge in [-0.1, -0.05) is 12.2 Å². The van der Waals surface area contributed by atoms with Gasteiger partial charge in [0.2, 0.25) is 5.91 Å². The zero-order valence-electron chi connectivity index (χ0n) is 15.3. The molecule has 0 spiro atoms. The van der Waals surface area contributed by atoms with Crippen LogP contribution in [0.3, 0.4) is 0 Å². The average molecular weight is 394 g/mol. The quantitative estimate of drug-likeness (QED) is 0.588. The number of allylic oxidation sites excluding steroid dienone is 2. The van der Waals surface area contributed by atoms with Crippen LogP contribution < -0.4 is 0 Å².